The number of hydrogen-bond donors (Lipinski definition) is 2. The van der Waals surface area contributed by atoms with Crippen molar-refractivity contribution < 1.29 is 14.7 Å². The van der Waals surface area contributed by atoms with Crippen LogP contribution in [0.2, 0.25) is 0 Å². The van der Waals surface area contributed by atoms with Crippen molar-refractivity contribution in [3.63, 3.8) is 0 Å². The molecule has 0 radical (unpaired) electrons. The fourth-order valence-electron chi connectivity index (χ4n) is 3.85. The molecule has 1 aliphatic carbocycles. The molecule has 2 fully saturated rings. The molecule has 5 nitrogen and oxygen atoms in total. The lowest BCUT2D eigenvalue weighted by Gasteiger charge is -2.31. The Hall–Kier alpha value is -1.26. The molecule has 0 aromatic heterocycles. The zero-order valence-corrected chi connectivity index (χ0v) is 13.2. The molecule has 1 aliphatic heterocycles. The molecule has 5 heteroatoms. The van der Waals surface area contributed by atoms with Crippen LogP contribution in [0.5, 0.6) is 0 Å². The van der Waals surface area contributed by atoms with E-state index >= 15 is 0 Å². The van der Waals surface area contributed by atoms with Crippen LogP contribution in [0.25, 0.3) is 0 Å². The van der Waals surface area contributed by atoms with Crippen molar-refractivity contribution in [3.8, 4) is 0 Å². The molecule has 4 atom stereocenters. The summed E-state index contributed by atoms with van der Waals surface area (Å²) in [7, 11) is 0. The molecule has 2 N–H and O–H groups in total. The second-order valence-electron chi connectivity index (χ2n) is 6.53. The van der Waals surface area contributed by atoms with Crippen molar-refractivity contribution in [1.82, 2.24) is 10.2 Å². The molecule has 2 aliphatic rings. The van der Waals surface area contributed by atoms with Crippen LogP contribution in [-0.4, -0.2) is 40.1 Å². The van der Waals surface area contributed by atoms with E-state index < -0.39 is 11.9 Å². The third-order valence-corrected chi connectivity index (χ3v) is 5.13. The highest BCUT2D eigenvalue weighted by Crippen LogP contribution is 2.28. The fourth-order valence-corrected chi connectivity index (χ4v) is 3.85. The van der Waals surface area contributed by atoms with Gasteiger partial charge >= 0.3 is 12.0 Å². The minimum atomic E-state index is -0.774. The second kappa shape index (κ2) is 7.14. The molecule has 1 saturated carbocycles. The average molecular weight is 296 g/mol. The van der Waals surface area contributed by atoms with Gasteiger partial charge in [-0.3, -0.25) is 4.79 Å². The van der Waals surface area contributed by atoms with Crippen molar-refractivity contribution >= 4 is 12.0 Å². The summed E-state index contributed by atoms with van der Waals surface area (Å²) in [4.78, 5) is 26.0. The van der Waals surface area contributed by atoms with Gasteiger partial charge in [0.25, 0.3) is 0 Å². The number of likely N-dealkylation sites (tertiary alicyclic amines) is 1. The van der Waals surface area contributed by atoms with Crippen molar-refractivity contribution in [1.29, 1.82) is 0 Å². The van der Waals surface area contributed by atoms with Gasteiger partial charge in [-0.15, -0.1) is 0 Å². The zero-order valence-electron chi connectivity index (χ0n) is 13.2. The summed E-state index contributed by atoms with van der Waals surface area (Å²) in [6.07, 6.45) is 7.52. The summed E-state index contributed by atoms with van der Waals surface area (Å²) in [5.41, 5.74) is 0. The summed E-state index contributed by atoms with van der Waals surface area (Å²) in [5.74, 6) is -1.21. The number of aliphatic carboxylic acids is 1. The molecule has 2 rings (SSSR count). The predicted octanol–water partition coefficient (Wildman–Crippen LogP) is 2.99. The molecule has 4 unspecified atom stereocenters. The van der Waals surface area contributed by atoms with Gasteiger partial charge in [-0.25, -0.2) is 4.79 Å². The smallest absolute Gasteiger partial charge is 0.318 e. The Labute approximate surface area is 127 Å². The van der Waals surface area contributed by atoms with E-state index in [-0.39, 0.29) is 18.1 Å². The number of carboxylic acids is 1. The Kier molecular flexibility index (Phi) is 5.48. The van der Waals surface area contributed by atoms with Crippen molar-refractivity contribution in [3.05, 3.63) is 0 Å². The molecular formula is C16H28N2O3. The monoisotopic (exact) mass is 296 g/mol. The predicted molar refractivity (Wildman–Crippen MR) is 81.1 cm³/mol. The molecule has 0 aromatic carbocycles. The van der Waals surface area contributed by atoms with Crippen LogP contribution < -0.4 is 5.32 Å². The van der Waals surface area contributed by atoms with E-state index in [9.17, 15) is 14.7 Å². The Morgan fingerprint density at radius 3 is 2.52 bits per heavy atom. The third-order valence-electron chi connectivity index (χ3n) is 5.13. The van der Waals surface area contributed by atoms with Crippen LogP contribution in [-0.2, 0) is 4.79 Å². The standard InChI is InChI=1S/C16H28N2O3/c1-3-12-10-9-11(2)18(12)16(21)17-14-8-6-4-5-7-13(14)15(19)20/h11-14H,3-10H2,1-2H3,(H,17,21)(H,19,20). The number of carboxylic acid groups (broad SMARTS) is 1. The minimum Gasteiger partial charge on any atom is -0.481 e. The van der Waals surface area contributed by atoms with Gasteiger partial charge in [-0.1, -0.05) is 26.2 Å². The minimum absolute atomic E-state index is 0.0648. The fraction of sp³-hybridized carbons (Fsp3) is 0.875. The Bertz CT molecular complexity index is 386. The van der Waals surface area contributed by atoms with Gasteiger partial charge in [0, 0.05) is 18.1 Å². The van der Waals surface area contributed by atoms with Gasteiger partial charge < -0.3 is 15.3 Å². The number of hydrogen-bond acceptors (Lipinski definition) is 2. The lowest BCUT2D eigenvalue weighted by atomic mass is 9.95. The van der Waals surface area contributed by atoms with Crippen molar-refractivity contribution in [2.45, 2.75) is 83.3 Å². The molecule has 1 heterocycles. The number of nitrogens with one attached hydrogen (secondary N) is 1. The molecule has 0 bridgehead atoms. The normalized spacial score (nSPS) is 33.5. The molecular weight excluding hydrogens is 268 g/mol. The Morgan fingerprint density at radius 2 is 1.86 bits per heavy atom. The Morgan fingerprint density at radius 1 is 1.14 bits per heavy atom. The highest BCUT2D eigenvalue weighted by atomic mass is 16.4. The van der Waals surface area contributed by atoms with Crippen LogP contribution in [0.1, 0.15) is 65.2 Å². The first-order valence-electron chi connectivity index (χ1n) is 8.36. The summed E-state index contributed by atoms with van der Waals surface area (Å²) in [5, 5.41) is 12.4. The van der Waals surface area contributed by atoms with Gasteiger partial charge in [-0.2, -0.15) is 0 Å². The van der Waals surface area contributed by atoms with E-state index in [1.54, 1.807) is 0 Å². The zero-order chi connectivity index (χ0) is 15.4. The molecule has 21 heavy (non-hydrogen) atoms. The molecule has 0 aromatic rings. The highest BCUT2D eigenvalue weighted by Gasteiger charge is 2.36. The van der Waals surface area contributed by atoms with Crippen LogP contribution in [0.15, 0.2) is 0 Å². The SMILES string of the molecule is CCC1CCC(C)N1C(=O)NC1CCCCCC1C(=O)O. The number of carbonyl (C=O) groups is 2. The number of rotatable bonds is 3. The van der Waals surface area contributed by atoms with Gasteiger partial charge in [0.2, 0.25) is 0 Å². The summed E-state index contributed by atoms with van der Waals surface area (Å²) in [6, 6.07) is 0.269. The van der Waals surface area contributed by atoms with Gasteiger partial charge in [0.05, 0.1) is 5.92 Å². The van der Waals surface area contributed by atoms with Crippen molar-refractivity contribution in [2.24, 2.45) is 5.92 Å². The Balaban J connectivity index is 2.03. The molecule has 1 saturated heterocycles. The number of urea groups is 1. The summed E-state index contributed by atoms with van der Waals surface area (Å²) >= 11 is 0. The van der Waals surface area contributed by atoms with Crippen molar-refractivity contribution in [2.75, 3.05) is 0 Å². The van der Waals surface area contributed by atoms with Gasteiger partial charge in [-0.05, 0) is 39.0 Å². The number of nitrogens with zero attached hydrogens (tertiary/aromatic N) is 1. The molecule has 0 spiro atoms. The third kappa shape index (κ3) is 3.69. The highest BCUT2D eigenvalue weighted by molar-refractivity contribution is 5.77. The lowest BCUT2D eigenvalue weighted by Crippen LogP contribution is -2.52. The number of carbonyl (C=O) groups excluding carboxylic acids is 1. The van der Waals surface area contributed by atoms with Gasteiger partial charge in [0.15, 0.2) is 0 Å². The van der Waals surface area contributed by atoms with Crippen LogP contribution >= 0.6 is 0 Å². The van der Waals surface area contributed by atoms with E-state index in [1.165, 1.54) is 0 Å². The van der Waals surface area contributed by atoms with Gasteiger partial charge in [0.1, 0.15) is 0 Å². The first-order chi connectivity index (χ1) is 10.0. The quantitative estimate of drug-likeness (QED) is 0.787. The van der Waals surface area contributed by atoms with Crippen LogP contribution in [0, 0.1) is 5.92 Å². The van der Waals surface area contributed by atoms with Crippen LogP contribution in [0.4, 0.5) is 4.79 Å². The van der Waals surface area contributed by atoms with E-state index in [1.807, 2.05) is 4.90 Å². The molecule has 2 amide bonds. The van der Waals surface area contributed by atoms with E-state index in [4.69, 9.17) is 0 Å². The summed E-state index contributed by atoms with van der Waals surface area (Å²) in [6.45, 7) is 4.19. The maximum Gasteiger partial charge on any atom is 0.318 e. The molecule has 120 valence electrons. The number of amides is 2. The lowest BCUT2D eigenvalue weighted by molar-refractivity contribution is -0.142. The van der Waals surface area contributed by atoms with E-state index in [0.29, 0.717) is 12.5 Å². The summed E-state index contributed by atoms with van der Waals surface area (Å²) < 4.78 is 0. The van der Waals surface area contributed by atoms with E-state index in [2.05, 4.69) is 19.2 Å². The van der Waals surface area contributed by atoms with Crippen LogP contribution in [0.3, 0.4) is 0 Å². The topological polar surface area (TPSA) is 69.6 Å². The van der Waals surface area contributed by atoms with E-state index in [0.717, 1.165) is 44.9 Å². The first kappa shape index (κ1) is 16.1. The maximum absolute atomic E-state index is 12.6. The largest absolute Gasteiger partial charge is 0.481 e. The maximum atomic E-state index is 12.6. The second-order valence-corrected chi connectivity index (χ2v) is 6.53. The average Bonchev–Trinajstić information content (AvgIpc) is 2.67. The first-order valence-corrected chi connectivity index (χ1v) is 8.36.